The highest BCUT2D eigenvalue weighted by Crippen LogP contribution is 2.25. The molecule has 0 amide bonds. The number of nitrogens with zero attached hydrogens (tertiary/aromatic N) is 2. The molecule has 2 heterocycles. The molecule has 0 bridgehead atoms. The number of aliphatic hydroxyl groups excluding tert-OH is 1. The molecule has 5 heteroatoms. The van der Waals surface area contributed by atoms with Gasteiger partial charge in [0.15, 0.2) is 12.4 Å². The number of ketones is 2. The zero-order chi connectivity index (χ0) is 13.4. The van der Waals surface area contributed by atoms with Crippen LogP contribution in [0.15, 0.2) is 48.9 Å². The number of aromatic nitrogens is 2. The molecule has 5 nitrogen and oxygen atoms in total. The maximum absolute atomic E-state index is 12.1. The molecule has 0 saturated heterocycles. The van der Waals surface area contributed by atoms with Gasteiger partial charge in [-0.25, -0.2) is 0 Å². The summed E-state index contributed by atoms with van der Waals surface area (Å²) in [4.78, 5) is 27.9. The second-order valence-corrected chi connectivity index (χ2v) is 4.04. The number of aliphatic hydroxyl groups is 1. The Hall–Kier alpha value is -2.82. The van der Waals surface area contributed by atoms with Crippen LogP contribution in [0.5, 0.6) is 0 Å². The van der Waals surface area contributed by atoms with E-state index >= 15 is 0 Å². The molecule has 92 valence electrons. The summed E-state index contributed by atoms with van der Waals surface area (Å²) in [5.41, 5.74) is 0.217. The number of rotatable bonds is 1. The van der Waals surface area contributed by atoms with Gasteiger partial charge in [-0.15, -0.1) is 0 Å². The fourth-order valence-corrected chi connectivity index (χ4v) is 2.01. The van der Waals surface area contributed by atoms with Crippen molar-refractivity contribution >= 4 is 23.0 Å². The van der Waals surface area contributed by atoms with Crippen molar-refractivity contribution in [2.75, 3.05) is 0 Å². The van der Waals surface area contributed by atoms with Crippen molar-refractivity contribution in [2.24, 2.45) is 0 Å². The molecule has 0 atom stereocenters. The lowest BCUT2D eigenvalue weighted by molar-refractivity contribution is -0.577. The van der Waals surface area contributed by atoms with Crippen LogP contribution in [0.2, 0.25) is 0 Å². The fraction of sp³-hybridized carbons (Fsp3) is 0. The van der Waals surface area contributed by atoms with Crippen LogP contribution in [0.25, 0.3) is 11.5 Å². The molecule has 1 aliphatic rings. The molecule has 1 N–H and O–H groups in total. The summed E-state index contributed by atoms with van der Waals surface area (Å²) in [6.45, 7) is 0. The summed E-state index contributed by atoms with van der Waals surface area (Å²) < 4.78 is 1.42. The number of hydrogen-bond donors (Lipinski definition) is 1. The van der Waals surface area contributed by atoms with Gasteiger partial charge >= 0.3 is 11.5 Å². The van der Waals surface area contributed by atoms with E-state index in [1.807, 2.05) is 0 Å². The highest BCUT2D eigenvalue weighted by atomic mass is 16.3. The summed E-state index contributed by atoms with van der Waals surface area (Å²) in [5, 5.41) is 10.2. The van der Waals surface area contributed by atoms with E-state index in [0.717, 1.165) is 0 Å². The van der Waals surface area contributed by atoms with E-state index in [1.165, 1.54) is 10.8 Å². The molecule has 0 unspecified atom stereocenters. The lowest BCUT2D eigenvalue weighted by atomic mass is 9.96. The van der Waals surface area contributed by atoms with Crippen LogP contribution in [0.3, 0.4) is 0 Å². The summed E-state index contributed by atoms with van der Waals surface area (Å²) in [7, 11) is 0. The second kappa shape index (κ2) is 4.13. The van der Waals surface area contributed by atoms with Gasteiger partial charge < -0.3 is 5.11 Å². The molecule has 0 fully saturated rings. The number of Topliss-reactive ketones (excluding diaryl/α,β-unsaturated/α-hetero) is 2. The fourth-order valence-electron chi connectivity index (χ4n) is 2.01. The van der Waals surface area contributed by atoms with Gasteiger partial charge in [-0.05, 0) is 12.1 Å². The van der Waals surface area contributed by atoms with Crippen LogP contribution in [-0.4, -0.2) is 21.7 Å². The van der Waals surface area contributed by atoms with Gasteiger partial charge in [-0.1, -0.05) is 6.07 Å². The minimum absolute atomic E-state index is 0.00900. The summed E-state index contributed by atoms with van der Waals surface area (Å²) in [5.74, 6) is -1.71. The SMILES string of the molecule is O=C1C(=O)c2ncccc2C(O)=C1[n+]1ccccc1. The van der Waals surface area contributed by atoms with Crippen LogP contribution >= 0.6 is 0 Å². The molecule has 0 radical (unpaired) electrons. The predicted molar refractivity (Wildman–Crippen MR) is 66.0 cm³/mol. The van der Waals surface area contributed by atoms with Gasteiger partial charge in [0, 0.05) is 18.3 Å². The first-order chi connectivity index (χ1) is 9.20. The van der Waals surface area contributed by atoms with Crippen molar-refractivity contribution in [1.82, 2.24) is 4.98 Å². The Kier molecular flexibility index (Phi) is 2.45. The Morgan fingerprint density at radius 2 is 1.74 bits per heavy atom. The van der Waals surface area contributed by atoms with E-state index in [0.29, 0.717) is 0 Å². The van der Waals surface area contributed by atoms with Crippen LogP contribution < -0.4 is 4.57 Å². The summed E-state index contributed by atoms with van der Waals surface area (Å²) in [6, 6.07) is 8.35. The van der Waals surface area contributed by atoms with Crippen molar-refractivity contribution in [3.05, 3.63) is 60.2 Å². The molecular formula is C14H9N2O3+. The monoisotopic (exact) mass is 253 g/mol. The largest absolute Gasteiger partial charge is 0.502 e. The summed E-state index contributed by atoms with van der Waals surface area (Å²) >= 11 is 0. The maximum Gasteiger partial charge on any atom is 0.305 e. The Morgan fingerprint density at radius 3 is 2.47 bits per heavy atom. The predicted octanol–water partition coefficient (Wildman–Crippen LogP) is 1.02. The van der Waals surface area contributed by atoms with Gasteiger partial charge in [0.1, 0.15) is 5.69 Å². The van der Waals surface area contributed by atoms with Crippen LogP contribution in [0.1, 0.15) is 16.1 Å². The minimum atomic E-state index is -0.764. The van der Waals surface area contributed by atoms with Gasteiger partial charge in [-0.3, -0.25) is 14.6 Å². The second-order valence-electron chi connectivity index (χ2n) is 4.04. The Balaban J connectivity index is 2.30. The Morgan fingerprint density at radius 1 is 1.00 bits per heavy atom. The molecule has 2 aromatic heterocycles. The van der Waals surface area contributed by atoms with Gasteiger partial charge in [0.05, 0.1) is 5.56 Å². The molecule has 0 spiro atoms. The molecule has 3 rings (SSSR count). The number of allylic oxidation sites excluding steroid dienone is 1. The maximum atomic E-state index is 12.1. The van der Waals surface area contributed by atoms with Crippen molar-refractivity contribution in [1.29, 1.82) is 0 Å². The van der Waals surface area contributed by atoms with Crippen molar-refractivity contribution in [3.8, 4) is 0 Å². The van der Waals surface area contributed by atoms with Crippen molar-refractivity contribution in [3.63, 3.8) is 0 Å². The highest BCUT2D eigenvalue weighted by Gasteiger charge is 2.40. The third-order valence-corrected chi connectivity index (χ3v) is 2.90. The third kappa shape index (κ3) is 1.63. The van der Waals surface area contributed by atoms with E-state index in [2.05, 4.69) is 4.98 Å². The van der Waals surface area contributed by atoms with E-state index in [-0.39, 0.29) is 22.7 Å². The number of fused-ring (bicyclic) bond motifs is 1. The zero-order valence-corrected chi connectivity index (χ0v) is 9.78. The average molecular weight is 253 g/mol. The standard InChI is InChI=1S/C14H8N2O3/c17-12-9-5-4-6-15-10(9)13(18)14(19)11(12)16-7-2-1-3-8-16/h1-8H/p+1. The Labute approximate surface area is 108 Å². The lowest BCUT2D eigenvalue weighted by Gasteiger charge is -2.12. The van der Waals surface area contributed by atoms with Crippen molar-refractivity contribution < 1.29 is 19.3 Å². The van der Waals surface area contributed by atoms with E-state index in [1.54, 1.807) is 42.7 Å². The quantitative estimate of drug-likeness (QED) is 0.608. The minimum Gasteiger partial charge on any atom is -0.502 e. The lowest BCUT2D eigenvalue weighted by Crippen LogP contribution is -2.41. The van der Waals surface area contributed by atoms with Crippen molar-refractivity contribution in [2.45, 2.75) is 0 Å². The van der Waals surface area contributed by atoms with Crippen LogP contribution in [0.4, 0.5) is 0 Å². The first-order valence-corrected chi connectivity index (χ1v) is 5.64. The highest BCUT2D eigenvalue weighted by molar-refractivity contribution is 6.58. The molecule has 0 aliphatic heterocycles. The topological polar surface area (TPSA) is 71.1 Å². The van der Waals surface area contributed by atoms with Crippen LogP contribution in [0, 0.1) is 0 Å². The Bertz CT molecular complexity index is 720. The zero-order valence-electron chi connectivity index (χ0n) is 9.78. The van der Waals surface area contributed by atoms with E-state index in [4.69, 9.17) is 0 Å². The molecular weight excluding hydrogens is 244 g/mol. The molecule has 0 saturated carbocycles. The van der Waals surface area contributed by atoms with E-state index < -0.39 is 11.6 Å². The molecule has 0 aromatic carbocycles. The van der Waals surface area contributed by atoms with Gasteiger partial charge in [-0.2, -0.15) is 4.57 Å². The van der Waals surface area contributed by atoms with Gasteiger partial charge in [0.25, 0.3) is 5.78 Å². The molecule has 2 aromatic rings. The number of pyridine rings is 2. The normalized spacial score (nSPS) is 14.5. The summed E-state index contributed by atoms with van der Waals surface area (Å²) in [6.07, 6.45) is 4.61. The van der Waals surface area contributed by atoms with E-state index in [9.17, 15) is 14.7 Å². The first kappa shape index (κ1) is 11.3. The van der Waals surface area contributed by atoms with Crippen LogP contribution in [-0.2, 0) is 4.79 Å². The average Bonchev–Trinajstić information content (AvgIpc) is 2.46. The molecule has 1 aliphatic carbocycles. The number of carbonyl (C=O) groups is 2. The first-order valence-electron chi connectivity index (χ1n) is 5.64. The number of carbonyl (C=O) groups excluding carboxylic acids is 2. The third-order valence-electron chi connectivity index (χ3n) is 2.90. The molecule has 19 heavy (non-hydrogen) atoms. The number of hydrogen-bond acceptors (Lipinski definition) is 4. The van der Waals surface area contributed by atoms with Gasteiger partial charge in [0.2, 0.25) is 5.76 Å². The smallest absolute Gasteiger partial charge is 0.305 e.